The number of aryl methyl sites for hydroxylation is 1. The van der Waals surface area contributed by atoms with Crippen LogP contribution in [0.15, 0.2) is 48.7 Å². The molecule has 1 fully saturated rings. The van der Waals surface area contributed by atoms with Gasteiger partial charge < -0.3 is 14.5 Å². The van der Waals surface area contributed by atoms with Crippen molar-refractivity contribution in [3.05, 3.63) is 70.8 Å². The minimum absolute atomic E-state index is 0.185. The summed E-state index contributed by atoms with van der Waals surface area (Å²) in [6, 6.07) is 11.7. The summed E-state index contributed by atoms with van der Waals surface area (Å²) in [5.74, 6) is -0.130. The standard InChI is InChI=1S/C22H22ClFN4O2/c1-15-3-4-16(23)13-19(15)26-9-11-27(12-10-26)22(29)21-20(30-2)14-28(25-21)18-7-5-17(24)6-8-18/h3-8,13-14H,9-12H2,1-2H3. The van der Waals surface area contributed by atoms with E-state index in [2.05, 4.69) is 16.9 Å². The highest BCUT2D eigenvalue weighted by molar-refractivity contribution is 6.30. The Kier molecular flexibility index (Phi) is 5.63. The number of hydrogen-bond donors (Lipinski definition) is 0. The van der Waals surface area contributed by atoms with Crippen LogP contribution < -0.4 is 9.64 Å². The Morgan fingerprint density at radius 2 is 1.80 bits per heavy atom. The fourth-order valence-corrected chi connectivity index (χ4v) is 3.77. The average Bonchev–Trinajstić information content (AvgIpc) is 3.20. The molecular weight excluding hydrogens is 407 g/mol. The van der Waals surface area contributed by atoms with E-state index in [-0.39, 0.29) is 17.4 Å². The molecular formula is C22H22ClFN4O2. The summed E-state index contributed by atoms with van der Waals surface area (Å²) in [4.78, 5) is 17.1. The van der Waals surface area contributed by atoms with Crippen LogP contribution in [0.2, 0.25) is 5.02 Å². The Hall–Kier alpha value is -3.06. The Balaban J connectivity index is 1.50. The summed E-state index contributed by atoms with van der Waals surface area (Å²) in [7, 11) is 1.50. The van der Waals surface area contributed by atoms with Crippen molar-refractivity contribution in [2.24, 2.45) is 0 Å². The molecule has 1 aromatic heterocycles. The van der Waals surface area contributed by atoms with E-state index in [0.29, 0.717) is 42.6 Å². The quantitative estimate of drug-likeness (QED) is 0.631. The van der Waals surface area contributed by atoms with Gasteiger partial charge in [-0.15, -0.1) is 0 Å². The third-order valence-corrected chi connectivity index (χ3v) is 5.51. The van der Waals surface area contributed by atoms with E-state index in [1.54, 1.807) is 23.2 Å². The highest BCUT2D eigenvalue weighted by Gasteiger charge is 2.27. The zero-order valence-electron chi connectivity index (χ0n) is 16.8. The van der Waals surface area contributed by atoms with E-state index in [4.69, 9.17) is 16.3 Å². The van der Waals surface area contributed by atoms with Crippen LogP contribution >= 0.6 is 11.6 Å². The molecule has 1 aliphatic heterocycles. The van der Waals surface area contributed by atoms with E-state index in [1.165, 1.54) is 23.9 Å². The van der Waals surface area contributed by atoms with Crippen molar-refractivity contribution in [2.45, 2.75) is 6.92 Å². The number of hydrogen-bond acceptors (Lipinski definition) is 4. The predicted octanol–water partition coefficient (Wildman–Crippen LogP) is 3.94. The van der Waals surface area contributed by atoms with E-state index in [0.717, 1.165) is 11.3 Å². The minimum atomic E-state index is -0.331. The topological polar surface area (TPSA) is 50.6 Å². The number of halogens is 2. The maximum Gasteiger partial charge on any atom is 0.278 e. The van der Waals surface area contributed by atoms with Gasteiger partial charge in [0.2, 0.25) is 0 Å². The number of amides is 1. The summed E-state index contributed by atoms with van der Waals surface area (Å²) in [5, 5.41) is 5.11. The largest absolute Gasteiger partial charge is 0.493 e. The van der Waals surface area contributed by atoms with Crippen LogP contribution in [0.3, 0.4) is 0 Å². The number of methoxy groups -OCH3 is 1. The Labute approximate surface area is 179 Å². The summed E-state index contributed by atoms with van der Waals surface area (Å²) in [6.45, 7) is 4.59. The van der Waals surface area contributed by atoms with Crippen LogP contribution in [0, 0.1) is 12.7 Å². The van der Waals surface area contributed by atoms with Crippen LogP contribution in [0.4, 0.5) is 10.1 Å². The van der Waals surface area contributed by atoms with Crippen molar-refractivity contribution < 1.29 is 13.9 Å². The van der Waals surface area contributed by atoms with Gasteiger partial charge in [-0.2, -0.15) is 5.10 Å². The first kappa shape index (κ1) is 20.2. The molecule has 0 saturated carbocycles. The first-order chi connectivity index (χ1) is 14.5. The molecule has 1 amide bonds. The summed E-state index contributed by atoms with van der Waals surface area (Å²) in [5.41, 5.74) is 3.14. The van der Waals surface area contributed by atoms with Gasteiger partial charge >= 0.3 is 0 Å². The SMILES string of the molecule is COc1cn(-c2ccc(F)cc2)nc1C(=O)N1CCN(c2cc(Cl)ccc2C)CC1. The molecule has 0 spiro atoms. The lowest BCUT2D eigenvalue weighted by Gasteiger charge is -2.36. The van der Waals surface area contributed by atoms with Crippen LogP contribution in [0.25, 0.3) is 5.69 Å². The fourth-order valence-electron chi connectivity index (χ4n) is 3.61. The van der Waals surface area contributed by atoms with E-state index in [1.807, 2.05) is 18.2 Å². The minimum Gasteiger partial charge on any atom is -0.493 e. The molecule has 0 radical (unpaired) electrons. The van der Waals surface area contributed by atoms with E-state index in [9.17, 15) is 9.18 Å². The second-order valence-electron chi connectivity index (χ2n) is 7.18. The van der Waals surface area contributed by atoms with Crippen LogP contribution in [-0.4, -0.2) is 53.9 Å². The number of aromatic nitrogens is 2. The average molecular weight is 429 g/mol. The van der Waals surface area contributed by atoms with Gasteiger partial charge in [-0.25, -0.2) is 9.07 Å². The maximum absolute atomic E-state index is 13.2. The summed E-state index contributed by atoms with van der Waals surface area (Å²) in [6.07, 6.45) is 1.63. The Morgan fingerprint density at radius 3 is 2.47 bits per heavy atom. The number of nitrogens with zero attached hydrogens (tertiary/aromatic N) is 4. The molecule has 0 unspecified atom stereocenters. The first-order valence-corrected chi connectivity index (χ1v) is 10.0. The van der Waals surface area contributed by atoms with Gasteiger partial charge in [0.1, 0.15) is 5.82 Å². The number of carbonyl (C=O) groups is 1. The van der Waals surface area contributed by atoms with Crippen molar-refractivity contribution in [2.75, 3.05) is 38.2 Å². The molecule has 2 aromatic carbocycles. The molecule has 0 N–H and O–H groups in total. The smallest absolute Gasteiger partial charge is 0.278 e. The van der Waals surface area contributed by atoms with Crippen LogP contribution in [0.5, 0.6) is 5.75 Å². The highest BCUT2D eigenvalue weighted by atomic mass is 35.5. The fraction of sp³-hybridized carbons (Fsp3) is 0.273. The number of ether oxygens (including phenoxy) is 1. The molecule has 3 aromatic rings. The van der Waals surface area contributed by atoms with Gasteiger partial charge in [-0.05, 0) is 48.9 Å². The zero-order chi connectivity index (χ0) is 21.3. The number of carbonyl (C=O) groups excluding carboxylic acids is 1. The second-order valence-corrected chi connectivity index (χ2v) is 7.61. The predicted molar refractivity (Wildman–Crippen MR) is 114 cm³/mol. The van der Waals surface area contributed by atoms with Gasteiger partial charge in [-0.3, -0.25) is 4.79 Å². The third kappa shape index (κ3) is 3.98. The number of rotatable bonds is 4. The molecule has 0 aliphatic carbocycles. The number of benzene rings is 2. The highest BCUT2D eigenvalue weighted by Crippen LogP contribution is 2.26. The Bertz CT molecular complexity index is 1060. The van der Waals surface area contributed by atoms with Gasteiger partial charge in [0.25, 0.3) is 5.91 Å². The molecule has 156 valence electrons. The summed E-state index contributed by atoms with van der Waals surface area (Å²) >= 11 is 6.15. The van der Waals surface area contributed by atoms with Crippen molar-refractivity contribution in [1.29, 1.82) is 0 Å². The first-order valence-electron chi connectivity index (χ1n) is 9.66. The normalized spacial score (nSPS) is 14.1. The van der Waals surface area contributed by atoms with Gasteiger partial charge in [0.05, 0.1) is 19.0 Å². The molecule has 1 aliphatic rings. The van der Waals surface area contributed by atoms with Gasteiger partial charge in [-0.1, -0.05) is 17.7 Å². The molecule has 0 atom stereocenters. The monoisotopic (exact) mass is 428 g/mol. The molecule has 0 bridgehead atoms. The number of piperazine rings is 1. The molecule has 8 heteroatoms. The number of anilines is 1. The summed E-state index contributed by atoms with van der Waals surface area (Å²) < 4.78 is 20.1. The van der Waals surface area contributed by atoms with Crippen LogP contribution in [-0.2, 0) is 0 Å². The van der Waals surface area contributed by atoms with Gasteiger partial charge in [0, 0.05) is 36.9 Å². The van der Waals surface area contributed by atoms with Crippen molar-refractivity contribution in [3.63, 3.8) is 0 Å². The molecule has 4 rings (SSSR count). The molecule has 2 heterocycles. The van der Waals surface area contributed by atoms with E-state index >= 15 is 0 Å². The van der Waals surface area contributed by atoms with Gasteiger partial charge in [0.15, 0.2) is 11.4 Å². The zero-order valence-corrected chi connectivity index (χ0v) is 17.6. The molecule has 30 heavy (non-hydrogen) atoms. The lowest BCUT2D eigenvalue weighted by atomic mass is 10.1. The van der Waals surface area contributed by atoms with Crippen LogP contribution in [0.1, 0.15) is 16.1 Å². The lowest BCUT2D eigenvalue weighted by Crippen LogP contribution is -2.49. The molecule has 1 saturated heterocycles. The molecule has 6 nitrogen and oxygen atoms in total. The van der Waals surface area contributed by atoms with Crippen molar-refractivity contribution in [1.82, 2.24) is 14.7 Å². The second kappa shape index (κ2) is 8.36. The van der Waals surface area contributed by atoms with Crippen molar-refractivity contribution >= 4 is 23.2 Å². The maximum atomic E-state index is 13.2. The van der Waals surface area contributed by atoms with E-state index < -0.39 is 0 Å². The third-order valence-electron chi connectivity index (χ3n) is 5.27. The van der Waals surface area contributed by atoms with Crippen molar-refractivity contribution in [3.8, 4) is 11.4 Å². The lowest BCUT2D eigenvalue weighted by molar-refractivity contribution is 0.0737. The Morgan fingerprint density at radius 1 is 1.10 bits per heavy atom.